The molecule has 0 saturated carbocycles. The number of esters is 1. The van der Waals surface area contributed by atoms with E-state index in [1.165, 1.54) is 11.3 Å². The number of anilines is 2. The summed E-state index contributed by atoms with van der Waals surface area (Å²) in [5.74, 6) is -1.16. The number of halogens is 3. The second-order valence-corrected chi connectivity index (χ2v) is 11.2. The van der Waals surface area contributed by atoms with Gasteiger partial charge >= 0.3 is 12.1 Å². The second kappa shape index (κ2) is 10.1. The van der Waals surface area contributed by atoms with Crippen molar-refractivity contribution in [3.05, 3.63) is 63.2 Å². The maximum atomic E-state index is 14.1. The summed E-state index contributed by atoms with van der Waals surface area (Å²) in [7, 11) is 0. The van der Waals surface area contributed by atoms with Crippen LogP contribution in [0.1, 0.15) is 87.5 Å². The minimum Gasteiger partial charge on any atom is -0.459 e. The number of amides is 1. The number of aromatic nitrogens is 2. The lowest BCUT2D eigenvalue weighted by molar-refractivity contribution is -0.173. The number of thiophene rings is 1. The summed E-state index contributed by atoms with van der Waals surface area (Å²) in [6.07, 6.45) is -0.582. The van der Waals surface area contributed by atoms with Gasteiger partial charge in [0.25, 0.3) is 5.91 Å². The molecular weight excluding hydrogens is 517 g/mol. The van der Waals surface area contributed by atoms with E-state index in [2.05, 4.69) is 15.7 Å². The van der Waals surface area contributed by atoms with E-state index in [-0.39, 0.29) is 23.9 Å². The molecule has 3 heterocycles. The first-order valence-corrected chi connectivity index (χ1v) is 13.5. The number of ether oxygens (including phenoxy) is 1. The zero-order valence-corrected chi connectivity index (χ0v) is 22.1. The molecule has 0 saturated heterocycles. The molecule has 2 atom stereocenters. The van der Waals surface area contributed by atoms with E-state index in [1.54, 1.807) is 26.0 Å². The second-order valence-electron chi connectivity index (χ2n) is 10.1. The normalized spacial score (nSPS) is 18.9. The smallest absolute Gasteiger partial charge is 0.410 e. The lowest BCUT2D eigenvalue weighted by Crippen LogP contribution is -2.36. The van der Waals surface area contributed by atoms with Gasteiger partial charge in [-0.25, -0.2) is 9.48 Å². The van der Waals surface area contributed by atoms with E-state index >= 15 is 0 Å². The van der Waals surface area contributed by atoms with E-state index in [0.29, 0.717) is 22.5 Å². The van der Waals surface area contributed by atoms with E-state index in [0.717, 1.165) is 46.1 Å². The Morgan fingerprint density at radius 3 is 2.58 bits per heavy atom. The van der Waals surface area contributed by atoms with Crippen LogP contribution in [0.5, 0.6) is 0 Å². The van der Waals surface area contributed by atoms with E-state index in [1.807, 2.05) is 19.1 Å². The van der Waals surface area contributed by atoms with Crippen LogP contribution in [0.25, 0.3) is 0 Å². The Balaban J connectivity index is 1.49. The van der Waals surface area contributed by atoms with Crippen molar-refractivity contribution in [2.24, 2.45) is 0 Å². The molecule has 3 aromatic rings. The van der Waals surface area contributed by atoms with Crippen molar-refractivity contribution in [3.8, 4) is 0 Å². The number of carbonyl (C=O) groups excluding carboxylic acids is 2. The zero-order valence-electron chi connectivity index (χ0n) is 21.3. The topological polar surface area (TPSA) is 85.2 Å². The van der Waals surface area contributed by atoms with Crippen LogP contribution in [0.2, 0.25) is 0 Å². The maximum absolute atomic E-state index is 14.1. The Hall–Kier alpha value is -3.34. The van der Waals surface area contributed by atoms with Crippen LogP contribution >= 0.6 is 11.3 Å². The lowest BCUT2D eigenvalue weighted by Gasteiger charge is -2.34. The van der Waals surface area contributed by atoms with Crippen molar-refractivity contribution < 1.29 is 27.5 Å². The van der Waals surface area contributed by atoms with Crippen LogP contribution in [0, 0.1) is 6.92 Å². The number of fused-ring (bicyclic) bond motifs is 2. The molecule has 1 aliphatic heterocycles. The summed E-state index contributed by atoms with van der Waals surface area (Å²) in [6.45, 7) is 5.41. The Labute approximate surface area is 222 Å². The fourth-order valence-electron chi connectivity index (χ4n) is 5.06. The average molecular weight is 547 g/mol. The number of hydrogen-bond acceptors (Lipinski definition) is 6. The number of alkyl halides is 3. The third-order valence-electron chi connectivity index (χ3n) is 6.91. The molecule has 11 heteroatoms. The van der Waals surface area contributed by atoms with Gasteiger partial charge in [-0.2, -0.15) is 18.3 Å². The first-order chi connectivity index (χ1) is 18.0. The predicted octanol–water partition coefficient (Wildman–Crippen LogP) is 6.61. The fraction of sp³-hybridized carbons (Fsp3) is 0.444. The number of benzene rings is 1. The standard InChI is InChI=1S/C27H29F3N4O3S/c1-14(2)37-26(36)22-17-6-4-5-7-20(17)38-25(22)33-24(35)18-13-31-34-21(27(28,29)30)12-19(32-23(18)34)16-10-8-15(3)9-11-16/h8-11,13-14,19,21,32H,4-7,12H2,1-3H3,(H,33,35). The number of hydrogen-bond donors (Lipinski definition) is 2. The number of aryl methyl sites for hydroxylation is 2. The van der Waals surface area contributed by atoms with Gasteiger partial charge < -0.3 is 15.4 Å². The SMILES string of the molecule is Cc1ccc(C2CC(C(F)(F)F)n3ncc(C(=O)Nc4sc5c(c4C(=O)OC(C)C)CCCC5)c3N2)cc1. The first kappa shape index (κ1) is 26.3. The summed E-state index contributed by atoms with van der Waals surface area (Å²) in [6, 6.07) is 4.70. The van der Waals surface area contributed by atoms with Gasteiger partial charge in [-0.05, 0) is 57.6 Å². The van der Waals surface area contributed by atoms with Crippen molar-refractivity contribution >= 4 is 34.0 Å². The van der Waals surface area contributed by atoms with Crippen LogP contribution in [0.15, 0.2) is 30.5 Å². The molecule has 0 spiro atoms. The highest BCUT2D eigenvalue weighted by Gasteiger charge is 2.47. The Morgan fingerprint density at radius 2 is 1.89 bits per heavy atom. The van der Waals surface area contributed by atoms with Gasteiger partial charge in [0.2, 0.25) is 0 Å². The maximum Gasteiger partial charge on any atom is 0.410 e. The highest BCUT2D eigenvalue weighted by atomic mass is 32.1. The summed E-state index contributed by atoms with van der Waals surface area (Å²) < 4.78 is 48.5. The van der Waals surface area contributed by atoms with Crippen molar-refractivity contribution in [2.75, 3.05) is 10.6 Å². The molecule has 0 radical (unpaired) electrons. The molecule has 2 unspecified atom stereocenters. The molecule has 7 nitrogen and oxygen atoms in total. The van der Waals surface area contributed by atoms with Gasteiger partial charge in [0, 0.05) is 11.3 Å². The number of carbonyl (C=O) groups is 2. The van der Waals surface area contributed by atoms with Gasteiger partial charge in [-0.1, -0.05) is 29.8 Å². The Bertz CT molecular complexity index is 1360. The van der Waals surface area contributed by atoms with Gasteiger partial charge in [0.15, 0.2) is 6.04 Å². The number of nitrogens with zero attached hydrogens (tertiary/aromatic N) is 2. The molecule has 2 aromatic heterocycles. The predicted molar refractivity (Wildman–Crippen MR) is 139 cm³/mol. The van der Waals surface area contributed by atoms with Gasteiger partial charge in [0.1, 0.15) is 16.4 Å². The van der Waals surface area contributed by atoms with Gasteiger partial charge in [0.05, 0.1) is 23.9 Å². The lowest BCUT2D eigenvalue weighted by atomic mass is 9.95. The molecule has 202 valence electrons. The summed E-state index contributed by atoms with van der Waals surface area (Å²) >= 11 is 1.32. The highest BCUT2D eigenvalue weighted by Crippen LogP contribution is 2.45. The van der Waals surface area contributed by atoms with Crippen LogP contribution in [-0.4, -0.2) is 33.9 Å². The summed E-state index contributed by atoms with van der Waals surface area (Å²) in [5, 5.41) is 10.2. The molecule has 0 bridgehead atoms. The molecule has 5 rings (SSSR count). The first-order valence-electron chi connectivity index (χ1n) is 12.7. The Kier molecular flexibility index (Phi) is 6.97. The van der Waals surface area contributed by atoms with E-state index in [9.17, 15) is 22.8 Å². The van der Waals surface area contributed by atoms with Crippen LogP contribution < -0.4 is 10.6 Å². The van der Waals surface area contributed by atoms with E-state index < -0.39 is 30.1 Å². The molecule has 38 heavy (non-hydrogen) atoms. The molecule has 1 amide bonds. The van der Waals surface area contributed by atoms with Gasteiger partial charge in [-0.15, -0.1) is 11.3 Å². The summed E-state index contributed by atoms with van der Waals surface area (Å²) in [5.41, 5.74) is 2.88. The minimum absolute atomic E-state index is 0.00530. The number of nitrogens with one attached hydrogen (secondary N) is 2. The molecular formula is C27H29F3N4O3S. The third kappa shape index (κ3) is 5.03. The van der Waals surface area contributed by atoms with Crippen LogP contribution in [0.3, 0.4) is 0 Å². The molecule has 2 aliphatic rings. The van der Waals surface area contributed by atoms with Crippen molar-refractivity contribution in [3.63, 3.8) is 0 Å². The fourth-order valence-corrected chi connectivity index (χ4v) is 6.33. The average Bonchev–Trinajstić information content (AvgIpc) is 3.44. The molecule has 0 fully saturated rings. The third-order valence-corrected chi connectivity index (χ3v) is 8.12. The molecule has 1 aromatic carbocycles. The van der Waals surface area contributed by atoms with Crippen molar-refractivity contribution in [1.29, 1.82) is 0 Å². The summed E-state index contributed by atoms with van der Waals surface area (Å²) in [4.78, 5) is 27.5. The monoisotopic (exact) mass is 546 g/mol. The van der Waals surface area contributed by atoms with Crippen molar-refractivity contribution in [2.45, 2.75) is 77.2 Å². The van der Waals surface area contributed by atoms with Gasteiger partial charge in [-0.3, -0.25) is 4.79 Å². The minimum atomic E-state index is -4.56. The highest BCUT2D eigenvalue weighted by molar-refractivity contribution is 7.17. The van der Waals surface area contributed by atoms with E-state index in [4.69, 9.17) is 4.74 Å². The number of rotatable bonds is 5. The Morgan fingerprint density at radius 1 is 1.18 bits per heavy atom. The van der Waals surface area contributed by atoms with Crippen LogP contribution in [0.4, 0.5) is 24.0 Å². The molecule has 1 aliphatic carbocycles. The van der Waals surface area contributed by atoms with Crippen LogP contribution in [-0.2, 0) is 17.6 Å². The molecule has 2 N–H and O–H groups in total. The zero-order chi connectivity index (χ0) is 27.2. The quantitative estimate of drug-likeness (QED) is 0.352. The largest absolute Gasteiger partial charge is 0.459 e. The van der Waals surface area contributed by atoms with Crippen molar-refractivity contribution in [1.82, 2.24) is 9.78 Å².